The van der Waals surface area contributed by atoms with Gasteiger partial charge in [0.05, 0.1) is 12.6 Å². The highest BCUT2D eigenvalue weighted by molar-refractivity contribution is 5.61. The lowest BCUT2D eigenvalue weighted by atomic mass is 9.65. The standard InChI is InChI=1S/C19H21NO/c1-12-7-6-10-16-17(12)18-14(11-21-16)19(2,3)13-8-4-5-9-15(13)20-18/h4-10,14,18,20H,11H2,1-3H3/t14-,18-/m1/s1. The molecule has 0 spiro atoms. The maximum absolute atomic E-state index is 6.08. The number of aryl methyl sites for hydroxylation is 1. The van der Waals surface area contributed by atoms with Crippen molar-refractivity contribution in [2.45, 2.75) is 32.2 Å². The monoisotopic (exact) mass is 279 g/mol. The second kappa shape index (κ2) is 4.27. The summed E-state index contributed by atoms with van der Waals surface area (Å²) in [5.74, 6) is 1.49. The first-order chi connectivity index (χ1) is 10.1. The summed E-state index contributed by atoms with van der Waals surface area (Å²) in [5, 5.41) is 3.77. The van der Waals surface area contributed by atoms with Crippen LogP contribution in [0.4, 0.5) is 5.69 Å². The number of rotatable bonds is 0. The minimum absolute atomic E-state index is 0.104. The third-order valence-corrected chi connectivity index (χ3v) is 5.28. The van der Waals surface area contributed by atoms with Crippen molar-refractivity contribution in [2.24, 2.45) is 5.92 Å². The Balaban J connectivity index is 1.91. The van der Waals surface area contributed by atoms with Gasteiger partial charge in [0.2, 0.25) is 0 Å². The lowest BCUT2D eigenvalue weighted by molar-refractivity contribution is 0.135. The van der Waals surface area contributed by atoms with Crippen molar-refractivity contribution in [3.05, 3.63) is 59.2 Å². The number of hydrogen-bond acceptors (Lipinski definition) is 2. The van der Waals surface area contributed by atoms with Gasteiger partial charge in [-0.3, -0.25) is 0 Å². The number of anilines is 1. The molecule has 21 heavy (non-hydrogen) atoms. The molecule has 0 bridgehead atoms. The highest BCUT2D eigenvalue weighted by atomic mass is 16.5. The van der Waals surface area contributed by atoms with Crippen molar-refractivity contribution in [3.63, 3.8) is 0 Å². The van der Waals surface area contributed by atoms with Crippen molar-refractivity contribution in [1.82, 2.24) is 0 Å². The average Bonchev–Trinajstić information content (AvgIpc) is 2.47. The summed E-state index contributed by atoms with van der Waals surface area (Å²) in [4.78, 5) is 0. The van der Waals surface area contributed by atoms with E-state index in [2.05, 4.69) is 68.6 Å². The van der Waals surface area contributed by atoms with Crippen LogP contribution in [0.3, 0.4) is 0 Å². The molecular weight excluding hydrogens is 258 g/mol. The fourth-order valence-corrected chi connectivity index (χ4v) is 3.99. The van der Waals surface area contributed by atoms with Crippen LogP contribution in [0.25, 0.3) is 0 Å². The number of fused-ring (bicyclic) bond motifs is 4. The Hall–Kier alpha value is -1.96. The number of benzene rings is 2. The molecule has 0 amide bonds. The van der Waals surface area contributed by atoms with Crippen LogP contribution in [-0.2, 0) is 5.41 Å². The Bertz CT molecular complexity index is 704. The van der Waals surface area contributed by atoms with E-state index in [0.29, 0.717) is 12.0 Å². The molecule has 0 aromatic heterocycles. The molecule has 108 valence electrons. The van der Waals surface area contributed by atoms with Crippen molar-refractivity contribution >= 4 is 5.69 Å². The van der Waals surface area contributed by atoms with Gasteiger partial charge < -0.3 is 10.1 Å². The van der Waals surface area contributed by atoms with E-state index in [1.54, 1.807) is 0 Å². The van der Waals surface area contributed by atoms with Gasteiger partial charge in [-0.1, -0.05) is 44.2 Å². The average molecular weight is 279 g/mol. The van der Waals surface area contributed by atoms with Crippen LogP contribution in [0.15, 0.2) is 42.5 Å². The largest absolute Gasteiger partial charge is 0.493 e. The van der Waals surface area contributed by atoms with E-state index >= 15 is 0 Å². The van der Waals surface area contributed by atoms with Crippen molar-refractivity contribution in [2.75, 3.05) is 11.9 Å². The summed E-state index contributed by atoms with van der Waals surface area (Å²) >= 11 is 0. The number of hydrogen-bond donors (Lipinski definition) is 1. The summed E-state index contributed by atoms with van der Waals surface area (Å²) in [5.41, 5.74) is 5.40. The van der Waals surface area contributed by atoms with Crippen LogP contribution in [0, 0.1) is 12.8 Å². The molecular formula is C19H21NO. The first-order valence-electron chi connectivity index (χ1n) is 7.67. The number of ether oxygens (including phenoxy) is 1. The van der Waals surface area contributed by atoms with Gasteiger partial charge in [-0.05, 0) is 30.2 Å². The van der Waals surface area contributed by atoms with Crippen molar-refractivity contribution < 1.29 is 4.74 Å². The zero-order valence-electron chi connectivity index (χ0n) is 12.8. The molecule has 0 fully saturated rings. The van der Waals surface area contributed by atoms with E-state index in [1.165, 1.54) is 22.4 Å². The fourth-order valence-electron chi connectivity index (χ4n) is 3.99. The second-order valence-corrected chi connectivity index (χ2v) is 6.79. The van der Waals surface area contributed by atoms with E-state index in [0.717, 1.165) is 12.4 Å². The molecule has 2 aliphatic rings. The van der Waals surface area contributed by atoms with E-state index in [1.807, 2.05) is 0 Å². The highest BCUT2D eigenvalue weighted by Crippen LogP contribution is 2.52. The summed E-state index contributed by atoms with van der Waals surface area (Å²) < 4.78 is 6.08. The molecule has 2 nitrogen and oxygen atoms in total. The van der Waals surface area contributed by atoms with Gasteiger partial charge in [-0.15, -0.1) is 0 Å². The molecule has 2 aromatic rings. The lowest BCUT2D eigenvalue weighted by Crippen LogP contribution is -2.46. The molecule has 0 aliphatic carbocycles. The molecule has 2 heteroatoms. The maximum Gasteiger partial charge on any atom is 0.124 e. The molecule has 2 aliphatic heterocycles. The van der Waals surface area contributed by atoms with Crippen molar-refractivity contribution in [1.29, 1.82) is 0 Å². The summed E-state index contributed by atoms with van der Waals surface area (Å²) in [6.07, 6.45) is 0. The van der Waals surface area contributed by atoms with Crippen LogP contribution >= 0.6 is 0 Å². The Morgan fingerprint density at radius 2 is 1.90 bits per heavy atom. The van der Waals surface area contributed by atoms with E-state index in [9.17, 15) is 0 Å². The van der Waals surface area contributed by atoms with Gasteiger partial charge in [0.1, 0.15) is 5.75 Å². The highest BCUT2D eigenvalue weighted by Gasteiger charge is 2.46. The third-order valence-electron chi connectivity index (χ3n) is 5.28. The van der Waals surface area contributed by atoms with Gasteiger partial charge in [0, 0.05) is 22.6 Å². The minimum Gasteiger partial charge on any atom is -0.493 e. The van der Waals surface area contributed by atoms with E-state index < -0.39 is 0 Å². The Kier molecular flexibility index (Phi) is 2.59. The fraction of sp³-hybridized carbons (Fsp3) is 0.368. The van der Waals surface area contributed by atoms with E-state index in [-0.39, 0.29) is 5.41 Å². The number of para-hydroxylation sites is 1. The molecule has 0 saturated heterocycles. The summed E-state index contributed by atoms with van der Waals surface area (Å²) in [6, 6.07) is 15.4. The van der Waals surface area contributed by atoms with Gasteiger partial charge in [0.25, 0.3) is 0 Å². The van der Waals surface area contributed by atoms with Crippen LogP contribution < -0.4 is 10.1 Å². The van der Waals surface area contributed by atoms with Crippen LogP contribution in [0.1, 0.15) is 36.6 Å². The zero-order chi connectivity index (χ0) is 14.6. The van der Waals surface area contributed by atoms with Gasteiger partial charge in [0.15, 0.2) is 0 Å². The second-order valence-electron chi connectivity index (χ2n) is 6.79. The molecule has 0 radical (unpaired) electrons. The molecule has 2 atom stereocenters. The first-order valence-corrected chi connectivity index (χ1v) is 7.67. The number of nitrogens with one attached hydrogen (secondary N) is 1. The zero-order valence-corrected chi connectivity index (χ0v) is 12.8. The molecule has 0 saturated carbocycles. The van der Waals surface area contributed by atoms with Crippen LogP contribution in [-0.4, -0.2) is 6.61 Å². The topological polar surface area (TPSA) is 21.3 Å². The molecule has 1 N–H and O–H groups in total. The van der Waals surface area contributed by atoms with Crippen LogP contribution in [0.5, 0.6) is 5.75 Å². The molecule has 2 heterocycles. The Morgan fingerprint density at radius 3 is 2.76 bits per heavy atom. The van der Waals surface area contributed by atoms with Gasteiger partial charge in [-0.2, -0.15) is 0 Å². The Labute approximate surface area is 126 Å². The minimum atomic E-state index is 0.104. The SMILES string of the molecule is Cc1cccc2c1[C@@H]1Nc3ccccc3C(C)(C)[C@@H]1CO2. The molecule has 2 aromatic carbocycles. The smallest absolute Gasteiger partial charge is 0.124 e. The van der Waals surface area contributed by atoms with Crippen molar-refractivity contribution in [3.8, 4) is 5.75 Å². The third kappa shape index (κ3) is 1.71. The maximum atomic E-state index is 6.08. The lowest BCUT2D eigenvalue weighted by Gasteiger charge is -2.48. The normalized spacial score (nSPS) is 24.9. The molecule has 4 rings (SSSR count). The van der Waals surface area contributed by atoms with Crippen LogP contribution in [0.2, 0.25) is 0 Å². The van der Waals surface area contributed by atoms with Gasteiger partial charge in [-0.25, -0.2) is 0 Å². The summed E-state index contributed by atoms with van der Waals surface area (Å²) in [6.45, 7) is 7.64. The predicted octanol–water partition coefficient (Wildman–Crippen LogP) is 4.45. The first kappa shape index (κ1) is 12.8. The van der Waals surface area contributed by atoms with Gasteiger partial charge >= 0.3 is 0 Å². The Morgan fingerprint density at radius 1 is 1.10 bits per heavy atom. The summed E-state index contributed by atoms with van der Waals surface area (Å²) in [7, 11) is 0. The predicted molar refractivity (Wildman–Crippen MR) is 86.0 cm³/mol. The van der Waals surface area contributed by atoms with E-state index in [4.69, 9.17) is 4.74 Å². The molecule has 0 unspecified atom stereocenters. The quantitative estimate of drug-likeness (QED) is 0.769.